The van der Waals surface area contributed by atoms with E-state index in [0.29, 0.717) is 22.9 Å². The first-order valence-corrected chi connectivity index (χ1v) is 10.2. The minimum absolute atomic E-state index is 0.0000136. The summed E-state index contributed by atoms with van der Waals surface area (Å²) in [4.78, 5) is 11.9. The summed E-state index contributed by atoms with van der Waals surface area (Å²) in [5.41, 5.74) is 1.82. The quantitative estimate of drug-likeness (QED) is 0.671. The summed E-state index contributed by atoms with van der Waals surface area (Å²) in [6.07, 6.45) is 0.408. The van der Waals surface area contributed by atoms with E-state index in [-0.39, 0.29) is 17.9 Å². The van der Waals surface area contributed by atoms with E-state index in [4.69, 9.17) is 21.1 Å². The first-order chi connectivity index (χ1) is 12.7. The molecule has 0 bridgehead atoms. The number of rotatable bonds is 8. The lowest BCUT2D eigenvalue weighted by atomic mass is 10.1. The number of methoxy groups -OCH3 is 1. The van der Waals surface area contributed by atoms with E-state index < -0.39 is 15.9 Å². The van der Waals surface area contributed by atoms with Gasteiger partial charge < -0.3 is 9.47 Å². The van der Waals surface area contributed by atoms with Crippen LogP contribution in [0.3, 0.4) is 0 Å². The van der Waals surface area contributed by atoms with Crippen LogP contribution >= 0.6 is 11.6 Å². The Balaban J connectivity index is 1.83. The first kappa shape index (κ1) is 21.1. The summed E-state index contributed by atoms with van der Waals surface area (Å²) >= 11 is 6.11. The zero-order valence-corrected chi connectivity index (χ0v) is 17.0. The molecule has 1 N–H and O–H groups in total. The van der Waals surface area contributed by atoms with Crippen molar-refractivity contribution >= 4 is 27.5 Å². The van der Waals surface area contributed by atoms with Crippen molar-refractivity contribution in [3.8, 4) is 11.5 Å². The Hall–Kier alpha value is -2.25. The maximum atomic E-state index is 12.2. The van der Waals surface area contributed by atoms with Crippen LogP contribution in [0.15, 0.2) is 41.3 Å². The van der Waals surface area contributed by atoms with E-state index in [9.17, 15) is 13.2 Å². The molecule has 0 heterocycles. The third kappa shape index (κ3) is 5.87. The number of hydrogen-bond acceptors (Lipinski definition) is 5. The Morgan fingerprint density at radius 3 is 2.22 bits per heavy atom. The molecule has 0 saturated heterocycles. The van der Waals surface area contributed by atoms with Gasteiger partial charge in [-0.15, -0.1) is 0 Å². The molecule has 0 aliphatic rings. The molecular formula is C19H22ClNO5S. The molecule has 0 aromatic heterocycles. The maximum Gasteiger partial charge on any atom is 0.264 e. The Kier molecular flexibility index (Phi) is 7.10. The van der Waals surface area contributed by atoms with E-state index >= 15 is 0 Å². The Labute approximate surface area is 164 Å². The molecule has 0 spiro atoms. The maximum absolute atomic E-state index is 12.2. The second-order valence-corrected chi connectivity index (χ2v) is 8.09. The molecule has 0 fully saturated rings. The highest BCUT2D eigenvalue weighted by Gasteiger charge is 2.17. The van der Waals surface area contributed by atoms with Gasteiger partial charge in [-0.1, -0.05) is 11.6 Å². The smallest absolute Gasteiger partial charge is 0.264 e. The molecule has 0 radical (unpaired) electrons. The fraction of sp³-hybridized carbons (Fsp3) is 0.316. The third-order valence-electron chi connectivity index (χ3n) is 3.84. The van der Waals surface area contributed by atoms with Gasteiger partial charge in [0, 0.05) is 11.4 Å². The van der Waals surface area contributed by atoms with E-state index in [1.165, 1.54) is 31.4 Å². The van der Waals surface area contributed by atoms with Crippen LogP contribution in [0.1, 0.15) is 24.0 Å². The molecule has 2 rings (SSSR count). The molecule has 0 atom stereocenters. The Bertz CT molecular complexity index is 887. The molecule has 0 aliphatic carbocycles. The van der Waals surface area contributed by atoms with Gasteiger partial charge in [-0.05, 0) is 67.8 Å². The molecule has 8 heteroatoms. The molecule has 1 amide bonds. The molecule has 0 aliphatic heterocycles. The van der Waals surface area contributed by atoms with Crippen LogP contribution in [0.2, 0.25) is 5.02 Å². The van der Waals surface area contributed by atoms with E-state index in [0.717, 1.165) is 11.1 Å². The van der Waals surface area contributed by atoms with Crippen molar-refractivity contribution in [2.45, 2.75) is 31.6 Å². The third-order valence-corrected chi connectivity index (χ3v) is 5.83. The number of halogens is 1. The average Bonchev–Trinajstić information content (AvgIpc) is 2.63. The number of nitrogens with one attached hydrogen (secondary N) is 1. The van der Waals surface area contributed by atoms with Crippen molar-refractivity contribution in [3.63, 3.8) is 0 Å². The topological polar surface area (TPSA) is 81.7 Å². The highest BCUT2D eigenvalue weighted by Crippen LogP contribution is 2.26. The average molecular weight is 412 g/mol. The van der Waals surface area contributed by atoms with Crippen molar-refractivity contribution in [1.82, 2.24) is 4.72 Å². The number of amides is 1. The highest BCUT2D eigenvalue weighted by molar-refractivity contribution is 7.90. The Morgan fingerprint density at radius 1 is 1.07 bits per heavy atom. The van der Waals surface area contributed by atoms with Gasteiger partial charge in [-0.2, -0.15) is 0 Å². The molecular weight excluding hydrogens is 390 g/mol. The van der Waals surface area contributed by atoms with Crippen LogP contribution < -0.4 is 14.2 Å². The fourth-order valence-electron chi connectivity index (χ4n) is 2.43. The molecule has 27 heavy (non-hydrogen) atoms. The van der Waals surface area contributed by atoms with Gasteiger partial charge in [0.25, 0.3) is 10.0 Å². The van der Waals surface area contributed by atoms with Gasteiger partial charge >= 0.3 is 0 Å². The lowest BCUT2D eigenvalue weighted by molar-refractivity contribution is -0.119. The predicted molar refractivity (Wildman–Crippen MR) is 104 cm³/mol. The zero-order valence-electron chi connectivity index (χ0n) is 15.4. The summed E-state index contributed by atoms with van der Waals surface area (Å²) < 4.78 is 37.0. The van der Waals surface area contributed by atoms with Crippen molar-refractivity contribution in [2.75, 3.05) is 13.7 Å². The number of benzene rings is 2. The first-order valence-electron chi connectivity index (χ1n) is 8.32. The summed E-state index contributed by atoms with van der Waals surface area (Å²) in [7, 11) is -2.41. The zero-order chi connectivity index (χ0) is 20.0. The van der Waals surface area contributed by atoms with Crippen molar-refractivity contribution in [1.29, 1.82) is 0 Å². The number of ether oxygens (including phenoxy) is 2. The number of hydrogen-bond donors (Lipinski definition) is 1. The second kappa shape index (κ2) is 9.10. The molecule has 6 nitrogen and oxygen atoms in total. The monoisotopic (exact) mass is 411 g/mol. The van der Waals surface area contributed by atoms with Crippen LogP contribution in [-0.4, -0.2) is 28.0 Å². The SMILES string of the molecule is COc1ccc(S(=O)(=O)NC(=O)CCCOc2cc(C)c(Cl)c(C)c2)cc1. The predicted octanol–water partition coefficient (Wildman–Crippen LogP) is 3.63. The molecule has 2 aromatic rings. The van der Waals surface area contributed by atoms with Gasteiger partial charge in [-0.25, -0.2) is 13.1 Å². The summed E-state index contributed by atoms with van der Waals surface area (Å²) in [6.45, 7) is 4.07. The summed E-state index contributed by atoms with van der Waals surface area (Å²) in [6, 6.07) is 9.44. The molecule has 2 aromatic carbocycles. The standard InChI is InChI=1S/C19H22ClNO5S/c1-13-11-16(12-14(2)19(13)20)26-10-4-5-18(22)21-27(23,24)17-8-6-15(25-3)7-9-17/h6-9,11-12H,4-5,10H2,1-3H3,(H,21,22). The summed E-state index contributed by atoms with van der Waals surface area (Å²) in [5.74, 6) is 0.614. The van der Waals surface area contributed by atoms with Crippen molar-refractivity contribution < 1.29 is 22.7 Å². The highest BCUT2D eigenvalue weighted by atomic mass is 35.5. The van der Waals surface area contributed by atoms with Gasteiger partial charge in [0.2, 0.25) is 5.91 Å². The summed E-state index contributed by atoms with van der Waals surface area (Å²) in [5, 5.41) is 0.700. The van der Waals surface area contributed by atoms with Crippen LogP contribution in [0.25, 0.3) is 0 Å². The van der Waals surface area contributed by atoms with Gasteiger partial charge in [0.05, 0.1) is 18.6 Å². The molecule has 0 saturated carbocycles. The van der Waals surface area contributed by atoms with Crippen molar-refractivity contribution in [3.05, 3.63) is 52.5 Å². The van der Waals surface area contributed by atoms with Gasteiger partial charge in [0.15, 0.2) is 0 Å². The fourth-order valence-corrected chi connectivity index (χ4v) is 3.55. The van der Waals surface area contributed by atoms with Crippen LogP contribution in [0.4, 0.5) is 0 Å². The van der Waals surface area contributed by atoms with Crippen molar-refractivity contribution in [2.24, 2.45) is 0 Å². The largest absolute Gasteiger partial charge is 0.497 e. The van der Waals surface area contributed by atoms with E-state index in [1.54, 1.807) is 0 Å². The number of carbonyl (C=O) groups is 1. The minimum Gasteiger partial charge on any atom is -0.497 e. The lowest BCUT2D eigenvalue weighted by Crippen LogP contribution is -2.30. The Morgan fingerprint density at radius 2 is 1.67 bits per heavy atom. The molecule has 146 valence electrons. The molecule has 0 unspecified atom stereocenters. The second-order valence-electron chi connectivity index (χ2n) is 6.03. The lowest BCUT2D eigenvalue weighted by Gasteiger charge is -2.10. The van der Waals surface area contributed by atoms with Crippen LogP contribution in [0.5, 0.6) is 11.5 Å². The van der Waals surface area contributed by atoms with Crippen LogP contribution in [0, 0.1) is 13.8 Å². The van der Waals surface area contributed by atoms with E-state index in [2.05, 4.69) is 4.72 Å². The number of aryl methyl sites for hydroxylation is 2. The number of sulfonamides is 1. The minimum atomic E-state index is -3.90. The van der Waals surface area contributed by atoms with Gasteiger partial charge in [0.1, 0.15) is 11.5 Å². The number of carbonyl (C=O) groups excluding carboxylic acids is 1. The normalized spacial score (nSPS) is 11.1. The van der Waals surface area contributed by atoms with E-state index in [1.807, 2.05) is 26.0 Å². The van der Waals surface area contributed by atoms with Gasteiger partial charge in [-0.3, -0.25) is 4.79 Å². The van der Waals surface area contributed by atoms with Crippen LogP contribution in [-0.2, 0) is 14.8 Å².